The first-order valence-corrected chi connectivity index (χ1v) is 8.97. The molecule has 2 atom stereocenters. The van der Waals surface area contributed by atoms with E-state index in [1.807, 2.05) is 36.4 Å². The third-order valence-corrected chi connectivity index (χ3v) is 4.70. The molecule has 26 heavy (non-hydrogen) atoms. The van der Waals surface area contributed by atoms with Crippen molar-refractivity contribution in [1.29, 1.82) is 0 Å². The third kappa shape index (κ3) is 5.75. The third-order valence-electron chi connectivity index (χ3n) is 4.70. The zero-order valence-electron chi connectivity index (χ0n) is 15.1. The van der Waals surface area contributed by atoms with Gasteiger partial charge in [0, 0.05) is 12.5 Å². The first-order chi connectivity index (χ1) is 12.2. The zero-order valence-corrected chi connectivity index (χ0v) is 15.9. The van der Waals surface area contributed by atoms with Crippen LogP contribution in [0.2, 0.25) is 0 Å². The van der Waals surface area contributed by atoms with E-state index in [1.165, 1.54) is 5.56 Å². The molecule has 0 saturated carbocycles. The molecule has 0 aliphatic carbocycles. The Kier molecular flexibility index (Phi) is 7.95. The number of carbonyl (C=O) groups is 1. The van der Waals surface area contributed by atoms with Crippen LogP contribution in [0.5, 0.6) is 5.75 Å². The van der Waals surface area contributed by atoms with Crippen LogP contribution in [-0.2, 0) is 11.2 Å². The summed E-state index contributed by atoms with van der Waals surface area (Å²) in [6, 6.07) is 18.4. The van der Waals surface area contributed by atoms with Crippen molar-refractivity contribution in [3.63, 3.8) is 0 Å². The average molecular weight is 375 g/mol. The fraction of sp³-hybridized carbons (Fsp3) is 0.381. The molecule has 2 aromatic carbocycles. The van der Waals surface area contributed by atoms with Gasteiger partial charge in [0.2, 0.25) is 0 Å². The second-order valence-electron chi connectivity index (χ2n) is 6.70. The number of hydrogen-bond acceptors (Lipinski definition) is 3. The second kappa shape index (κ2) is 10.2. The lowest BCUT2D eigenvalue weighted by molar-refractivity contribution is -0.124. The number of piperidine rings is 1. The fourth-order valence-corrected chi connectivity index (χ4v) is 3.23. The van der Waals surface area contributed by atoms with Gasteiger partial charge in [0.25, 0.3) is 5.91 Å². The van der Waals surface area contributed by atoms with Crippen molar-refractivity contribution in [1.82, 2.24) is 10.6 Å². The van der Waals surface area contributed by atoms with Gasteiger partial charge in [-0.25, -0.2) is 0 Å². The molecule has 3 rings (SSSR count). The van der Waals surface area contributed by atoms with Crippen molar-refractivity contribution in [2.75, 3.05) is 19.7 Å². The molecule has 0 bridgehead atoms. The van der Waals surface area contributed by atoms with Crippen LogP contribution in [0.25, 0.3) is 0 Å². The Bertz CT molecular complexity index is 693. The molecule has 140 valence electrons. The summed E-state index contributed by atoms with van der Waals surface area (Å²) < 4.78 is 5.82. The Hall–Kier alpha value is -2.04. The molecule has 2 aromatic rings. The van der Waals surface area contributed by atoms with Gasteiger partial charge in [-0.3, -0.25) is 4.79 Å². The quantitative estimate of drug-likeness (QED) is 0.816. The number of para-hydroxylation sites is 1. The van der Waals surface area contributed by atoms with E-state index in [0.717, 1.165) is 37.2 Å². The van der Waals surface area contributed by atoms with Crippen molar-refractivity contribution < 1.29 is 9.53 Å². The normalized spacial score (nSPS) is 19.3. The van der Waals surface area contributed by atoms with E-state index in [0.29, 0.717) is 5.92 Å². The maximum Gasteiger partial charge on any atom is 0.258 e. The van der Waals surface area contributed by atoms with Crippen LogP contribution in [0.1, 0.15) is 24.5 Å². The van der Waals surface area contributed by atoms with Gasteiger partial charge in [-0.1, -0.05) is 55.5 Å². The Morgan fingerprint density at radius 3 is 2.65 bits per heavy atom. The highest BCUT2D eigenvalue weighted by atomic mass is 35.5. The van der Waals surface area contributed by atoms with Crippen molar-refractivity contribution in [2.24, 2.45) is 5.92 Å². The van der Waals surface area contributed by atoms with Crippen LogP contribution in [0.4, 0.5) is 0 Å². The van der Waals surface area contributed by atoms with Gasteiger partial charge < -0.3 is 15.4 Å². The van der Waals surface area contributed by atoms with Gasteiger partial charge >= 0.3 is 0 Å². The number of rotatable bonds is 6. The van der Waals surface area contributed by atoms with Crippen LogP contribution < -0.4 is 15.4 Å². The van der Waals surface area contributed by atoms with E-state index in [4.69, 9.17) is 4.74 Å². The highest BCUT2D eigenvalue weighted by Crippen LogP contribution is 2.21. The molecule has 1 heterocycles. The molecule has 0 aromatic heterocycles. The van der Waals surface area contributed by atoms with Gasteiger partial charge in [-0.15, -0.1) is 12.4 Å². The SMILES string of the molecule is CC1CNCCC1NC(=O)COc1ccccc1Cc1ccccc1.Cl. The average Bonchev–Trinajstić information content (AvgIpc) is 2.64. The Morgan fingerprint density at radius 1 is 1.15 bits per heavy atom. The highest BCUT2D eigenvalue weighted by Gasteiger charge is 2.22. The minimum Gasteiger partial charge on any atom is -0.483 e. The monoisotopic (exact) mass is 374 g/mol. The van der Waals surface area contributed by atoms with Crippen LogP contribution in [-0.4, -0.2) is 31.6 Å². The van der Waals surface area contributed by atoms with Crippen LogP contribution in [0, 0.1) is 5.92 Å². The fourth-order valence-electron chi connectivity index (χ4n) is 3.23. The maximum absolute atomic E-state index is 12.2. The van der Waals surface area contributed by atoms with E-state index in [2.05, 4.69) is 35.8 Å². The smallest absolute Gasteiger partial charge is 0.258 e. The lowest BCUT2D eigenvalue weighted by atomic mass is 9.95. The van der Waals surface area contributed by atoms with Crippen LogP contribution >= 0.6 is 12.4 Å². The highest BCUT2D eigenvalue weighted by molar-refractivity contribution is 5.85. The minimum absolute atomic E-state index is 0. The van der Waals surface area contributed by atoms with E-state index in [9.17, 15) is 4.79 Å². The Labute approximate surface area is 161 Å². The van der Waals surface area contributed by atoms with Crippen LogP contribution in [0.3, 0.4) is 0 Å². The molecular weight excluding hydrogens is 348 g/mol. The van der Waals surface area contributed by atoms with Crippen molar-refractivity contribution in [2.45, 2.75) is 25.8 Å². The largest absolute Gasteiger partial charge is 0.483 e. The number of benzene rings is 2. The summed E-state index contributed by atoms with van der Waals surface area (Å²) in [5.41, 5.74) is 2.32. The lowest BCUT2D eigenvalue weighted by Gasteiger charge is -2.30. The summed E-state index contributed by atoms with van der Waals surface area (Å²) in [7, 11) is 0. The molecule has 0 radical (unpaired) electrons. The molecular formula is C21H27ClN2O2. The Balaban J connectivity index is 0.00000243. The predicted molar refractivity (Wildman–Crippen MR) is 107 cm³/mol. The van der Waals surface area contributed by atoms with Gasteiger partial charge in [-0.2, -0.15) is 0 Å². The summed E-state index contributed by atoms with van der Waals surface area (Å²) in [4.78, 5) is 12.2. The summed E-state index contributed by atoms with van der Waals surface area (Å²) in [6.07, 6.45) is 1.77. The van der Waals surface area contributed by atoms with Crippen LogP contribution in [0.15, 0.2) is 54.6 Å². The predicted octanol–water partition coefficient (Wildman–Crippen LogP) is 3.19. The summed E-state index contributed by atoms with van der Waals surface area (Å²) in [5.74, 6) is 1.18. The number of carbonyl (C=O) groups excluding carboxylic acids is 1. The number of hydrogen-bond donors (Lipinski definition) is 2. The van der Waals surface area contributed by atoms with Gasteiger partial charge in [0.1, 0.15) is 5.75 Å². The summed E-state index contributed by atoms with van der Waals surface area (Å²) in [6.45, 7) is 4.12. The van der Waals surface area contributed by atoms with E-state index in [1.54, 1.807) is 0 Å². The molecule has 1 aliphatic rings. The van der Waals surface area contributed by atoms with E-state index < -0.39 is 0 Å². The number of ether oxygens (including phenoxy) is 1. The molecule has 1 aliphatic heterocycles. The van der Waals surface area contributed by atoms with Gasteiger partial charge in [0.05, 0.1) is 0 Å². The summed E-state index contributed by atoms with van der Waals surface area (Å²) in [5, 5.41) is 6.45. The van der Waals surface area contributed by atoms with Crippen molar-refractivity contribution in [3.8, 4) is 5.75 Å². The molecule has 1 fully saturated rings. The molecule has 4 nitrogen and oxygen atoms in total. The lowest BCUT2D eigenvalue weighted by Crippen LogP contribution is -2.49. The maximum atomic E-state index is 12.2. The molecule has 2 unspecified atom stereocenters. The van der Waals surface area contributed by atoms with E-state index in [-0.39, 0.29) is 31.0 Å². The first kappa shape index (κ1) is 20.3. The molecule has 1 saturated heterocycles. The molecule has 1 amide bonds. The number of amides is 1. The van der Waals surface area contributed by atoms with E-state index >= 15 is 0 Å². The molecule has 2 N–H and O–H groups in total. The first-order valence-electron chi connectivity index (χ1n) is 8.97. The zero-order chi connectivity index (χ0) is 17.5. The van der Waals surface area contributed by atoms with Gasteiger partial charge in [0.15, 0.2) is 6.61 Å². The Morgan fingerprint density at radius 2 is 1.88 bits per heavy atom. The molecule has 0 spiro atoms. The standard InChI is InChI=1S/C21H26N2O2.ClH/c1-16-14-22-12-11-19(16)23-21(24)15-25-20-10-6-5-9-18(20)13-17-7-3-2-4-8-17;/h2-10,16,19,22H,11-15H2,1H3,(H,23,24);1H. The minimum atomic E-state index is -0.0479. The number of halogens is 1. The second-order valence-corrected chi connectivity index (χ2v) is 6.70. The van der Waals surface area contributed by atoms with Crippen molar-refractivity contribution >= 4 is 18.3 Å². The summed E-state index contributed by atoms with van der Waals surface area (Å²) >= 11 is 0. The topological polar surface area (TPSA) is 50.4 Å². The number of nitrogens with one attached hydrogen (secondary N) is 2. The van der Waals surface area contributed by atoms with Crippen molar-refractivity contribution in [3.05, 3.63) is 65.7 Å². The van der Waals surface area contributed by atoms with Gasteiger partial charge in [-0.05, 0) is 42.6 Å². The molecule has 5 heteroatoms.